The Morgan fingerprint density at radius 1 is 1.16 bits per heavy atom. The highest BCUT2D eigenvalue weighted by molar-refractivity contribution is 5.95. The summed E-state index contributed by atoms with van der Waals surface area (Å²) in [6.07, 6.45) is 0. The number of carbonyl (C=O) groups is 3. The predicted molar refractivity (Wildman–Crippen MR) is 108 cm³/mol. The lowest BCUT2D eigenvalue weighted by molar-refractivity contribution is -0.384. The average Bonchev–Trinajstić information content (AvgIpc) is 2.76. The van der Waals surface area contributed by atoms with Gasteiger partial charge in [-0.15, -0.1) is 0 Å². The SMILES string of the molecule is COC(=O)C1=C(C)N(Cc2ccc(C(=O)O)cc2)C(=O)NC1c1ccc([N+](=O)[O-])cc1. The molecule has 10 heteroatoms. The largest absolute Gasteiger partial charge is 0.478 e. The van der Waals surface area contributed by atoms with Crippen molar-refractivity contribution in [1.82, 2.24) is 10.2 Å². The van der Waals surface area contributed by atoms with Crippen molar-refractivity contribution < 1.29 is 29.2 Å². The number of rotatable bonds is 6. The van der Waals surface area contributed by atoms with Gasteiger partial charge in [0, 0.05) is 17.8 Å². The average molecular weight is 425 g/mol. The van der Waals surface area contributed by atoms with Gasteiger partial charge in [-0.25, -0.2) is 14.4 Å². The van der Waals surface area contributed by atoms with Crippen LogP contribution in [-0.2, 0) is 16.1 Å². The number of nitrogens with one attached hydrogen (secondary N) is 1. The van der Waals surface area contributed by atoms with E-state index < -0.39 is 28.9 Å². The van der Waals surface area contributed by atoms with Crippen molar-refractivity contribution in [2.75, 3.05) is 7.11 Å². The van der Waals surface area contributed by atoms with E-state index in [1.165, 1.54) is 48.4 Å². The topological polar surface area (TPSA) is 139 Å². The Balaban J connectivity index is 1.97. The number of allylic oxidation sites excluding steroid dienone is 1. The van der Waals surface area contributed by atoms with Gasteiger partial charge in [-0.2, -0.15) is 0 Å². The second kappa shape index (κ2) is 8.66. The van der Waals surface area contributed by atoms with E-state index in [2.05, 4.69) is 5.32 Å². The number of amides is 2. The molecule has 0 saturated heterocycles. The molecule has 0 spiro atoms. The van der Waals surface area contributed by atoms with Crippen molar-refractivity contribution in [2.24, 2.45) is 0 Å². The number of methoxy groups -OCH3 is 1. The molecule has 10 nitrogen and oxygen atoms in total. The third-order valence-electron chi connectivity index (χ3n) is 4.98. The Morgan fingerprint density at radius 2 is 1.77 bits per heavy atom. The molecular weight excluding hydrogens is 406 g/mol. The molecule has 2 N–H and O–H groups in total. The van der Waals surface area contributed by atoms with Crippen LogP contribution < -0.4 is 5.32 Å². The summed E-state index contributed by atoms with van der Waals surface area (Å²) in [5.74, 6) is -1.70. The molecule has 3 rings (SSSR count). The summed E-state index contributed by atoms with van der Waals surface area (Å²) in [6.45, 7) is 1.71. The monoisotopic (exact) mass is 425 g/mol. The van der Waals surface area contributed by atoms with Crippen molar-refractivity contribution in [3.05, 3.63) is 86.6 Å². The number of carbonyl (C=O) groups excluding carboxylic acids is 2. The summed E-state index contributed by atoms with van der Waals surface area (Å²) in [6, 6.07) is 10.2. The van der Waals surface area contributed by atoms with Gasteiger partial charge in [0.05, 0.1) is 35.8 Å². The zero-order valence-electron chi connectivity index (χ0n) is 16.7. The van der Waals surface area contributed by atoms with E-state index >= 15 is 0 Å². The Bertz CT molecular complexity index is 1080. The lowest BCUT2D eigenvalue weighted by Crippen LogP contribution is -2.47. The van der Waals surface area contributed by atoms with Crippen LogP contribution in [0, 0.1) is 10.1 Å². The fourth-order valence-corrected chi connectivity index (χ4v) is 3.32. The molecule has 2 aromatic rings. The van der Waals surface area contributed by atoms with Gasteiger partial charge in [-0.1, -0.05) is 12.1 Å². The quantitative estimate of drug-likeness (QED) is 0.412. The molecule has 1 heterocycles. The van der Waals surface area contributed by atoms with Gasteiger partial charge in [0.1, 0.15) is 0 Å². The third-order valence-corrected chi connectivity index (χ3v) is 4.98. The molecule has 0 aromatic heterocycles. The summed E-state index contributed by atoms with van der Waals surface area (Å²) in [5, 5.41) is 22.7. The minimum Gasteiger partial charge on any atom is -0.478 e. The van der Waals surface area contributed by atoms with Crippen molar-refractivity contribution in [3.63, 3.8) is 0 Å². The predicted octanol–water partition coefficient (Wildman–Crippen LogP) is 3.01. The van der Waals surface area contributed by atoms with Crippen molar-refractivity contribution in [2.45, 2.75) is 19.5 Å². The number of hydrogen-bond donors (Lipinski definition) is 2. The summed E-state index contributed by atoms with van der Waals surface area (Å²) >= 11 is 0. The van der Waals surface area contributed by atoms with Crippen molar-refractivity contribution >= 4 is 23.7 Å². The first-order valence-electron chi connectivity index (χ1n) is 9.16. The van der Waals surface area contributed by atoms with Crippen molar-refractivity contribution in [1.29, 1.82) is 0 Å². The molecule has 1 atom stereocenters. The van der Waals surface area contributed by atoms with Crippen LogP contribution in [0.15, 0.2) is 59.8 Å². The second-order valence-corrected chi connectivity index (χ2v) is 6.81. The Kier molecular flexibility index (Phi) is 6.00. The van der Waals surface area contributed by atoms with Crippen LogP contribution in [0.1, 0.15) is 34.5 Å². The molecule has 1 aliphatic rings. The standard InChI is InChI=1S/C21H19N3O7/c1-12-17(20(27)31-2)18(14-7-9-16(10-8-14)24(29)30)22-21(28)23(12)11-13-3-5-15(6-4-13)19(25)26/h3-10,18H,11H2,1-2H3,(H,22,28)(H,25,26). The summed E-state index contributed by atoms with van der Waals surface area (Å²) < 4.78 is 4.90. The van der Waals surface area contributed by atoms with Gasteiger partial charge in [0.2, 0.25) is 0 Å². The zero-order valence-corrected chi connectivity index (χ0v) is 16.7. The minimum absolute atomic E-state index is 0.102. The molecule has 0 saturated carbocycles. The van der Waals surface area contributed by atoms with Gasteiger partial charge < -0.3 is 15.2 Å². The number of nitro groups is 1. The van der Waals surface area contributed by atoms with E-state index in [9.17, 15) is 24.5 Å². The summed E-state index contributed by atoms with van der Waals surface area (Å²) in [7, 11) is 1.22. The molecule has 0 radical (unpaired) electrons. The third kappa shape index (κ3) is 4.37. The summed E-state index contributed by atoms with van der Waals surface area (Å²) in [5.41, 5.74) is 1.71. The molecule has 31 heavy (non-hydrogen) atoms. The van der Waals surface area contributed by atoms with E-state index in [0.29, 0.717) is 16.8 Å². The summed E-state index contributed by atoms with van der Waals surface area (Å²) in [4.78, 5) is 48.1. The maximum atomic E-state index is 12.8. The number of urea groups is 1. The molecule has 2 aromatic carbocycles. The molecule has 0 fully saturated rings. The van der Waals surface area contributed by atoms with E-state index in [4.69, 9.17) is 9.84 Å². The Morgan fingerprint density at radius 3 is 2.29 bits per heavy atom. The normalized spacial score (nSPS) is 16.0. The van der Waals surface area contributed by atoms with Gasteiger partial charge in [0.25, 0.3) is 5.69 Å². The number of nitro benzene ring substituents is 1. The fourth-order valence-electron chi connectivity index (χ4n) is 3.32. The zero-order chi connectivity index (χ0) is 22.7. The van der Waals surface area contributed by atoms with Gasteiger partial charge in [0.15, 0.2) is 0 Å². The maximum Gasteiger partial charge on any atom is 0.337 e. The first-order valence-corrected chi connectivity index (χ1v) is 9.16. The van der Waals surface area contributed by atoms with Gasteiger partial charge in [-0.3, -0.25) is 15.0 Å². The number of nitrogens with zero attached hydrogens (tertiary/aromatic N) is 2. The van der Waals surface area contributed by atoms with E-state index in [1.54, 1.807) is 19.1 Å². The number of benzene rings is 2. The highest BCUT2D eigenvalue weighted by atomic mass is 16.6. The molecule has 0 bridgehead atoms. The number of aromatic carboxylic acids is 1. The Labute approximate surface area is 176 Å². The number of carboxylic acids is 1. The van der Waals surface area contributed by atoms with Crippen LogP contribution in [0.4, 0.5) is 10.5 Å². The van der Waals surface area contributed by atoms with E-state index in [-0.39, 0.29) is 23.4 Å². The highest BCUT2D eigenvalue weighted by Gasteiger charge is 2.36. The molecule has 1 unspecified atom stereocenters. The fraction of sp³-hybridized carbons (Fsp3) is 0.190. The smallest absolute Gasteiger partial charge is 0.337 e. The van der Waals surface area contributed by atoms with Gasteiger partial charge >= 0.3 is 18.0 Å². The molecule has 0 aliphatic carbocycles. The molecule has 2 amide bonds. The Hall–Kier alpha value is -4.21. The lowest BCUT2D eigenvalue weighted by atomic mass is 9.94. The number of hydrogen-bond acceptors (Lipinski definition) is 6. The molecule has 160 valence electrons. The van der Waals surface area contributed by atoms with Crippen LogP contribution in [0.3, 0.4) is 0 Å². The van der Waals surface area contributed by atoms with Crippen LogP contribution in [0.25, 0.3) is 0 Å². The van der Waals surface area contributed by atoms with Crippen LogP contribution in [0.5, 0.6) is 0 Å². The van der Waals surface area contributed by atoms with Crippen LogP contribution in [0.2, 0.25) is 0 Å². The first-order chi connectivity index (χ1) is 14.7. The van der Waals surface area contributed by atoms with Gasteiger partial charge in [-0.05, 0) is 42.3 Å². The van der Waals surface area contributed by atoms with Crippen LogP contribution in [-0.4, -0.2) is 40.0 Å². The number of carboxylic acid groups (broad SMARTS) is 1. The van der Waals surface area contributed by atoms with Crippen LogP contribution >= 0.6 is 0 Å². The number of esters is 1. The maximum absolute atomic E-state index is 12.8. The number of non-ortho nitro benzene ring substituents is 1. The van der Waals surface area contributed by atoms with Crippen molar-refractivity contribution in [3.8, 4) is 0 Å². The highest BCUT2D eigenvalue weighted by Crippen LogP contribution is 2.32. The lowest BCUT2D eigenvalue weighted by Gasteiger charge is -2.35. The number of ether oxygens (including phenoxy) is 1. The van der Waals surface area contributed by atoms with E-state index in [1.807, 2.05) is 0 Å². The second-order valence-electron chi connectivity index (χ2n) is 6.81. The molecular formula is C21H19N3O7. The first kappa shape index (κ1) is 21.5. The molecule has 1 aliphatic heterocycles. The van der Waals surface area contributed by atoms with E-state index in [0.717, 1.165) is 0 Å². The minimum atomic E-state index is -1.06.